The van der Waals surface area contributed by atoms with E-state index in [0.717, 1.165) is 45.1 Å². The molecule has 1 heterocycles. The van der Waals surface area contributed by atoms with Gasteiger partial charge in [-0.2, -0.15) is 0 Å². The van der Waals surface area contributed by atoms with Crippen LogP contribution in [0.15, 0.2) is 36.9 Å². The Kier molecular flexibility index (Phi) is 5.62. The predicted octanol–water partition coefficient (Wildman–Crippen LogP) is 4.66. The van der Waals surface area contributed by atoms with E-state index in [1.807, 2.05) is 10.4 Å². The molecule has 3 atom stereocenters. The zero-order valence-electron chi connectivity index (χ0n) is 19.9. The van der Waals surface area contributed by atoms with Gasteiger partial charge in [0, 0.05) is 24.5 Å². The van der Waals surface area contributed by atoms with E-state index in [4.69, 9.17) is 0 Å². The fourth-order valence-corrected chi connectivity index (χ4v) is 10.2. The number of aryl methyl sites for hydroxylation is 1. The quantitative estimate of drug-likeness (QED) is 0.480. The number of benzene rings is 1. The van der Waals surface area contributed by atoms with Gasteiger partial charge in [-0.15, -0.1) is 6.58 Å². The summed E-state index contributed by atoms with van der Waals surface area (Å²) < 4.78 is 29.5. The maximum absolute atomic E-state index is 13.8. The van der Waals surface area contributed by atoms with E-state index in [2.05, 4.69) is 50.0 Å². The molecule has 176 valence electrons. The monoisotopic (exact) mass is 456 g/mol. The molecule has 1 saturated heterocycles. The van der Waals surface area contributed by atoms with Gasteiger partial charge in [-0.25, -0.2) is 12.7 Å². The molecule has 2 unspecified atom stereocenters. The average Bonchev–Trinajstić information content (AvgIpc) is 3.31. The first-order valence-electron chi connectivity index (χ1n) is 12.6. The molecule has 0 radical (unpaired) electrons. The third-order valence-electron chi connectivity index (χ3n) is 10.1. The molecule has 2 saturated carbocycles. The normalized spacial score (nSPS) is 32.9. The third kappa shape index (κ3) is 3.33. The number of nitrogens with zero attached hydrogens (tertiary/aromatic N) is 1. The fraction of sp³-hybridized carbons (Fsp3) is 0.704. The van der Waals surface area contributed by atoms with Crippen molar-refractivity contribution < 1.29 is 8.42 Å². The number of rotatable bonds is 7. The first kappa shape index (κ1) is 22.6. The summed E-state index contributed by atoms with van der Waals surface area (Å²) in [5.41, 5.74) is 3.06. The maximum atomic E-state index is 13.8. The molecular formula is C27H40N2O2S. The third-order valence-corrected chi connectivity index (χ3v) is 12.2. The largest absolute Gasteiger partial charge is 0.313 e. The summed E-state index contributed by atoms with van der Waals surface area (Å²) in [7, 11) is -3.30. The minimum atomic E-state index is -3.30. The molecule has 1 N–H and O–H groups in total. The lowest BCUT2D eigenvalue weighted by atomic mass is 9.69. The van der Waals surface area contributed by atoms with Crippen LogP contribution in [0.2, 0.25) is 0 Å². The van der Waals surface area contributed by atoms with Gasteiger partial charge >= 0.3 is 0 Å². The molecule has 1 aromatic carbocycles. The molecule has 3 fully saturated rings. The van der Waals surface area contributed by atoms with Crippen molar-refractivity contribution >= 4 is 10.0 Å². The van der Waals surface area contributed by atoms with E-state index in [1.54, 1.807) is 0 Å². The number of hydrogen-bond donors (Lipinski definition) is 1. The van der Waals surface area contributed by atoms with Crippen molar-refractivity contribution in [3.63, 3.8) is 0 Å². The molecule has 5 rings (SSSR count). The highest BCUT2D eigenvalue weighted by atomic mass is 32.2. The van der Waals surface area contributed by atoms with Crippen molar-refractivity contribution in [3.8, 4) is 0 Å². The van der Waals surface area contributed by atoms with Crippen molar-refractivity contribution in [1.82, 2.24) is 9.62 Å². The molecule has 5 heteroatoms. The molecule has 4 nitrogen and oxygen atoms in total. The molecule has 0 amide bonds. The van der Waals surface area contributed by atoms with Crippen LogP contribution in [0.4, 0.5) is 0 Å². The lowest BCUT2D eigenvalue weighted by molar-refractivity contribution is 0.122. The first-order chi connectivity index (χ1) is 15.2. The molecule has 1 aromatic rings. The van der Waals surface area contributed by atoms with Crippen LogP contribution in [0.1, 0.15) is 69.9 Å². The van der Waals surface area contributed by atoms with Crippen molar-refractivity contribution in [2.45, 2.75) is 76.7 Å². The van der Waals surface area contributed by atoms with Crippen molar-refractivity contribution in [2.24, 2.45) is 16.7 Å². The number of fused-ring (bicyclic) bond motifs is 4. The van der Waals surface area contributed by atoms with Crippen LogP contribution in [0.25, 0.3) is 0 Å². The highest BCUT2D eigenvalue weighted by Gasteiger charge is 2.65. The van der Waals surface area contributed by atoms with Crippen LogP contribution in [0, 0.1) is 16.7 Å². The Balaban J connectivity index is 1.32. The van der Waals surface area contributed by atoms with Gasteiger partial charge in [0.15, 0.2) is 0 Å². The Bertz CT molecular complexity index is 977. The van der Waals surface area contributed by atoms with Gasteiger partial charge in [0.25, 0.3) is 0 Å². The maximum Gasteiger partial charge on any atom is 0.214 e. The van der Waals surface area contributed by atoms with Gasteiger partial charge in [-0.1, -0.05) is 44.2 Å². The van der Waals surface area contributed by atoms with E-state index in [9.17, 15) is 8.42 Å². The summed E-state index contributed by atoms with van der Waals surface area (Å²) in [6.07, 6.45) is 10.4. The second kappa shape index (κ2) is 7.95. The van der Waals surface area contributed by atoms with E-state index in [1.165, 1.54) is 24.0 Å². The zero-order chi connectivity index (χ0) is 22.6. The topological polar surface area (TPSA) is 49.4 Å². The number of sulfonamides is 1. The van der Waals surface area contributed by atoms with Crippen LogP contribution in [0.3, 0.4) is 0 Å². The van der Waals surface area contributed by atoms with Gasteiger partial charge in [-0.05, 0) is 85.8 Å². The minimum absolute atomic E-state index is 0.0628. The fourth-order valence-electron chi connectivity index (χ4n) is 7.96. The summed E-state index contributed by atoms with van der Waals surface area (Å²) in [4.78, 5) is 0. The van der Waals surface area contributed by atoms with Gasteiger partial charge < -0.3 is 5.32 Å². The Labute approximate surface area is 194 Å². The first-order valence-corrected chi connectivity index (χ1v) is 14.3. The second-order valence-corrected chi connectivity index (χ2v) is 13.5. The van der Waals surface area contributed by atoms with Crippen LogP contribution in [0.5, 0.6) is 0 Å². The number of hydrogen-bond acceptors (Lipinski definition) is 3. The zero-order valence-corrected chi connectivity index (χ0v) is 20.7. The van der Waals surface area contributed by atoms with Crippen molar-refractivity contribution in [2.75, 3.05) is 25.4 Å². The van der Waals surface area contributed by atoms with Gasteiger partial charge in [-0.3, -0.25) is 0 Å². The standard InChI is InChI=1S/C27H40N2O2S/c1-4-5-16-28-24-19-22-11-13-27(24,25(22,2)3)20-32(30,31)29-17-14-26(15-18-29)12-10-21-8-6-7-9-23(21)26/h4,6-9,22,24,28H,1,5,10-20H2,2-3H3/t22?,24?,27-/m1/s1. The van der Waals surface area contributed by atoms with Gasteiger partial charge in [0.2, 0.25) is 10.0 Å². The highest BCUT2D eigenvalue weighted by molar-refractivity contribution is 7.89. The molecule has 0 aromatic heterocycles. The van der Waals surface area contributed by atoms with Gasteiger partial charge in [0.05, 0.1) is 5.75 Å². The van der Waals surface area contributed by atoms with Gasteiger partial charge in [0.1, 0.15) is 0 Å². The van der Waals surface area contributed by atoms with Crippen molar-refractivity contribution in [1.29, 1.82) is 0 Å². The molecule has 3 aliphatic carbocycles. The van der Waals surface area contributed by atoms with Crippen LogP contribution in [-0.4, -0.2) is 44.2 Å². The van der Waals surface area contributed by atoms with E-state index in [0.29, 0.717) is 30.8 Å². The Morgan fingerprint density at radius 1 is 1.16 bits per heavy atom. The molecule has 1 aliphatic heterocycles. The molecular weight excluding hydrogens is 416 g/mol. The summed E-state index contributed by atoms with van der Waals surface area (Å²) in [6, 6.07) is 9.11. The lowest BCUT2D eigenvalue weighted by Crippen LogP contribution is -2.54. The molecule has 32 heavy (non-hydrogen) atoms. The average molecular weight is 457 g/mol. The van der Waals surface area contributed by atoms with E-state index in [-0.39, 0.29) is 16.2 Å². The number of piperidine rings is 1. The van der Waals surface area contributed by atoms with E-state index >= 15 is 0 Å². The predicted molar refractivity (Wildman–Crippen MR) is 131 cm³/mol. The Hall–Kier alpha value is -1.17. The minimum Gasteiger partial charge on any atom is -0.313 e. The SMILES string of the molecule is C=CCCNC1CC2CC[C@]1(CS(=O)(=O)N1CCC3(CCc4ccccc43)CC1)C2(C)C. The molecule has 2 bridgehead atoms. The Morgan fingerprint density at radius 3 is 2.62 bits per heavy atom. The lowest BCUT2D eigenvalue weighted by Gasteiger charge is -2.45. The second-order valence-electron chi connectivity index (χ2n) is 11.5. The van der Waals surface area contributed by atoms with Crippen LogP contribution < -0.4 is 5.32 Å². The molecule has 4 aliphatic rings. The highest BCUT2D eigenvalue weighted by Crippen LogP contribution is 2.66. The summed E-state index contributed by atoms with van der Waals surface area (Å²) in [6.45, 7) is 10.7. The van der Waals surface area contributed by atoms with Crippen molar-refractivity contribution in [3.05, 3.63) is 48.0 Å². The summed E-state index contributed by atoms with van der Waals surface area (Å²) >= 11 is 0. The Morgan fingerprint density at radius 2 is 1.91 bits per heavy atom. The molecule has 1 spiro atoms. The van der Waals surface area contributed by atoms with E-state index < -0.39 is 10.0 Å². The van der Waals surface area contributed by atoms with Crippen LogP contribution >= 0.6 is 0 Å². The van der Waals surface area contributed by atoms with Crippen LogP contribution in [-0.2, 0) is 21.9 Å². The number of nitrogens with one attached hydrogen (secondary N) is 1. The summed E-state index contributed by atoms with van der Waals surface area (Å²) in [5, 5.41) is 3.73. The smallest absolute Gasteiger partial charge is 0.214 e. The summed E-state index contributed by atoms with van der Waals surface area (Å²) in [5.74, 6) is 0.928.